The highest BCUT2D eigenvalue weighted by Crippen LogP contribution is 2.30. The van der Waals surface area contributed by atoms with E-state index >= 15 is 0 Å². The number of methoxy groups -OCH3 is 1. The highest BCUT2D eigenvalue weighted by Gasteiger charge is 2.12. The quantitative estimate of drug-likeness (QED) is 0.412. The average molecular weight is 427 g/mol. The van der Waals surface area contributed by atoms with Gasteiger partial charge in [-0.3, -0.25) is 4.79 Å². The van der Waals surface area contributed by atoms with E-state index in [2.05, 4.69) is 15.3 Å². The largest absolute Gasteiger partial charge is 0.497 e. The van der Waals surface area contributed by atoms with Crippen molar-refractivity contribution < 1.29 is 19.0 Å². The van der Waals surface area contributed by atoms with Crippen LogP contribution >= 0.6 is 0 Å². The van der Waals surface area contributed by atoms with E-state index in [9.17, 15) is 4.79 Å². The van der Waals surface area contributed by atoms with Crippen LogP contribution in [0.4, 0.5) is 5.69 Å². The molecule has 32 heavy (non-hydrogen) atoms. The maximum absolute atomic E-state index is 12.5. The van der Waals surface area contributed by atoms with Gasteiger partial charge in [-0.2, -0.15) is 0 Å². The molecule has 4 rings (SSSR count). The average Bonchev–Trinajstić information content (AvgIpc) is 2.83. The topological polar surface area (TPSA) is 82.6 Å². The van der Waals surface area contributed by atoms with Crippen LogP contribution < -0.4 is 19.5 Å². The van der Waals surface area contributed by atoms with Crippen molar-refractivity contribution in [3.63, 3.8) is 0 Å². The standard InChI is InChI=1S/C25H21N3O4/c1-17-3-9-21(10-4-17)31-24-25(27-16-15-26-24)32-22-11-5-18(6-12-22)23(29)28-19-7-13-20(30-2)14-8-19/h3-16H,1-2H3,(H,28,29). The molecule has 1 amide bonds. The van der Waals surface area contributed by atoms with E-state index in [0.29, 0.717) is 22.7 Å². The van der Waals surface area contributed by atoms with E-state index in [1.807, 2.05) is 31.2 Å². The zero-order chi connectivity index (χ0) is 22.3. The smallest absolute Gasteiger partial charge is 0.284 e. The summed E-state index contributed by atoms with van der Waals surface area (Å²) in [7, 11) is 1.59. The van der Waals surface area contributed by atoms with Crippen LogP contribution in [-0.2, 0) is 0 Å². The molecule has 0 fully saturated rings. The number of rotatable bonds is 7. The molecule has 0 bridgehead atoms. The van der Waals surface area contributed by atoms with Crippen molar-refractivity contribution in [2.45, 2.75) is 6.92 Å². The van der Waals surface area contributed by atoms with E-state index in [1.165, 1.54) is 12.4 Å². The maximum Gasteiger partial charge on any atom is 0.284 e. The predicted octanol–water partition coefficient (Wildman–Crippen LogP) is 5.63. The number of benzene rings is 3. The second kappa shape index (κ2) is 9.61. The van der Waals surface area contributed by atoms with Crippen LogP contribution in [0.5, 0.6) is 29.0 Å². The second-order valence-corrected chi connectivity index (χ2v) is 6.89. The minimum Gasteiger partial charge on any atom is -0.497 e. The number of carbonyl (C=O) groups excluding carboxylic acids is 1. The number of hydrogen-bond donors (Lipinski definition) is 1. The van der Waals surface area contributed by atoms with Crippen molar-refractivity contribution in [2.24, 2.45) is 0 Å². The summed E-state index contributed by atoms with van der Waals surface area (Å²) >= 11 is 0. The molecular formula is C25H21N3O4. The first kappa shape index (κ1) is 20.9. The van der Waals surface area contributed by atoms with Crippen LogP contribution in [0.15, 0.2) is 85.2 Å². The molecule has 0 radical (unpaired) electrons. The van der Waals surface area contributed by atoms with Crippen LogP contribution in [0, 0.1) is 6.92 Å². The molecule has 1 N–H and O–H groups in total. The van der Waals surface area contributed by atoms with Crippen LogP contribution in [-0.4, -0.2) is 23.0 Å². The summed E-state index contributed by atoms with van der Waals surface area (Å²) < 4.78 is 16.8. The molecule has 7 nitrogen and oxygen atoms in total. The summed E-state index contributed by atoms with van der Waals surface area (Å²) in [4.78, 5) is 20.9. The Balaban J connectivity index is 1.43. The second-order valence-electron chi connectivity index (χ2n) is 6.89. The maximum atomic E-state index is 12.5. The van der Waals surface area contributed by atoms with Gasteiger partial charge >= 0.3 is 0 Å². The molecular weight excluding hydrogens is 406 g/mol. The SMILES string of the molecule is COc1ccc(NC(=O)c2ccc(Oc3nccnc3Oc3ccc(C)cc3)cc2)cc1. The van der Waals surface area contributed by atoms with Gasteiger partial charge in [0.1, 0.15) is 17.2 Å². The van der Waals surface area contributed by atoms with Gasteiger partial charge in [-0.1, -0.05) is 17.7 Å². The Kier molecular flexibility index (Phi) is 6.27. The molecule has 0 saturated heterocycles. The van der Waals surface area contributed by atoms with E-state index in [0.717, 1.165) is 11.3 Å². The van der Waals surface area contributed by atoms with Gasteiger partial charge in [0.25, 0.3) is 17.7 Å². The van der Waals surface area contributed by atoms with E-state index < -0.39 is 0 Å². The molecule has 0 atom stereocenters. The first-order valence-corrected chi connectivity index (χ1v) is 9.89. The van der Waals surface area contributed by atoms with Gasteiger partial charge in [0.2, 0.25) is 0 Å². The molecule has 0 aliphatic rings. The number of aromatic nitrogens is 2. The molecule has 0 saturated carbocycles. The molecule has 1 aromatic heterocycles. The normalized spacial score (nSPS) is 10.3. The molecule has 1 heterocycles. The van der Waals surface area contributed by atoms with Gasteiger partial charge in [-0.25, -0.2) is 9.97 Å². The number of nitrogens with zero attached hydrogens (tertiary/aromatic N) is 2. The third-order valence-electron chi connectivity index (χ3n) is 4.55. The monoisotopic (exact) mass is 427 g/mol. The minimum atomic E-state index is -0.232. The van der Waals surface area contributed by atoms with Crippen molar-refractivity contribution in [3.8, 4) is 29.0 Å². The fraction of sp³-hybridized carbons (Fsp3) is 0.0800. The number of ether oxygens (including phenoxy) is 3. The Morgan fingerprint density at radius 2 is 1.22 bits per heavy atom. The Morgan fingerprint density at radius 1 is 0.719 bits per heavy atom. The molecule has 0 spiro atoms. The molecule has 7 heteroatoms. The number of hydrogen-bond acceptors (Lipinski definition) is 6. The molecule has 160 valence electrons. The Morgan fingerprint density at radius 3 is 1.75 bits per heavy atom. The van der Waals surface area contributed by atoms with Gasteiger partial charge in [-0.15, -0.1) is 0 Å². The van der Waals surface area contributed by atoms with Crippen molar-refractivity contribution in [1.29, 1.82) is 0 Å². The Labute approximate surface area is 185 Å². The van der Waals surface area contributed by atoms with Crippen LogP contribution in [0.1, 0.15) is 15.9 Å². The first-order valence-electron chi connectivity index (χ1n) is 9.89. The Bertz CT molecular complexity index is 1190. The summed E-state index contributed by atoms with van der Waals surface area (Å²) in [6.07, 6.45) is 3.05. The summed E-state index contributed by atoms with van der Waals surface area (Å²) in [5, 5.41) is 2.84. The molecule has 0 aliphatic carbocycles. The number of carbonyl (C=O) groups is 1. The van der Waals surface area contributed by atoms with Crippen molar-refractivity contribution >= 4 is 11.6 Å². The lowest BCUT2D eigenvalue weighted by Gasteiger charge is -2.11. The van der Waals surface area contributed by atoms with Gasteiger partial charge in [0, 0.05) is 23.6 Å². The fourth-order valence-electron chi connectivity index (χ4n) is 2.83. The first-order chi connectivity index (χ1) is 15.6. The summed E-state index contributed by atoms with van der Waals surface area (Å²) in [6, 6.07) is 21.4. The van der Waals surface area contributed by atoms with Gasteiger partial charge < -0.3 is 19.5 Å². The molecule has 0 aliphatic heterocycles. The van der Waals surface area contributed by atoms with E-state index in [-0.39, 0.29) is 17.7 Å². The van der Waals surface area contributed by atoms with Gasteiger partial charge in [-0.05, 0) is 67.6 Å². The van der Waals surface area contributed by atoms with Crippen molar-refractivity contribution in [1.82, 2.24) is 9.97 Å². The third kappa shape index (κ3) is 5.20. The van der Waals surface area contributed by atoms with Gasteiger partial charge in [0.15, 0.2) is 0 Å². The lowest BCUT2D eigenvalue weighted by molar-refractivity contribution is 0.102. The number of anilines is 1. The third-order valence-corrected chi connectivity index (χ3v) is 4.55. The predicted molar refractivity (Wildman–Crippen MR) is 121 cm³/mol. The number of amides is 1. The zero-order valence-corrected chi connectivity index (χ0v) is 17.6. The van der Waals surface area contributed by atoms with Crippen LogP contribution in [0.3, 0.4) is 0 Å². The highest BCUT2D eigenvalue weighted by atomic mass is 16.5. The molecule has 4 aromatic rings. The van der Waals surface area contributed by atoms with Gasteiger partial charge in [0.05, 0.1) is 7.11 Å². The van der Waals surface area contributed by atoms with E-state index in [1.54, 1.807) is 55.6 Å². The zero-order valence-electron chi connectivity index (χ0n) is 17.6. The minimum absolute atomic E-state index is 0.225. The van der Waals surface area contributed by atoms with Crippen LogP contribution in [0.2, 0.25) is 0 Å². The highest BCUT2D eigenvalue weighted by molar-refractivity contribution is 6.04. The van der Waals surface area contributed by atoms with Crippen LogP contribution in [0.25, 0.3) is 0 Å². The van der Waals surface area contributed by atoms with E-state index in [4.69, 9.17) is 14.2 Å². The lowest BCUT2D eigenvalue weighted by atomic mass is 10.2. The number of aryl methyl sites for hydroxylation is 1. The lowest BCUT2D eigenvalue weighted by Crippen LogP contribution is -2.11. The number of nitrogens with one attached hydrogen (secondary N) is 1. The summed E-state index contributed by atoms with van der Waals surface area (Å²) in [5.74, 6) is 2.09. The van der Waals surface area contributed by atoms with Crippen molar-refractivity contribution in [2.75, 3.05) is 12.4 Å². The Hall–Kier alpha value is -4.39. The summed E-state index contributed by atoms with van der Waals surface area (Å²) in [6.45, 7) is 2.00. The molecule has 0 unspecified atom stereocenters. The molecule has 3 aromatic carbocycles. The van der Waals surface area contributed by atoms with Crippen molar-refractivity contribution in [3.05, 3.63) is 96.3 Å². The fourth-order valence-corrected chi connectivity index (χ4v) is 2.83. The summed E-state index contributed by atoms with van der Waals surface area (Å²) in [5.41, 5.74) is 2.29.